The molecule has 23 heavy (non-hydrogen) atoms. The van der Waals surface area contributed by atoms with Gasteiger partial charge in [0, 0.05) is 18.2 Å². The van der Waals surface area contributed by atoms with Gasteiger partial charge in [-0.05, 0) is 25.9 Å². The summed E-state index contributed by atoms with van der Waals surface area (Å²) >= 11 is 0. The maximum atomic E-state index is 12.7. The molecule has 1 heterocycles. The Morgan fingerprint density at radius 1 is 1.04 bits per heavy atom. The molecule has 9 heteroatoms. The highest BCUT2D eigenvalue weighted by Gasteiger charge is 2.29. The van der Waals surface area contributed by atoms with Crippen molar-refractivity contribution < 1.29 is 22.6 Å². The molecular weight excluding hydrogens is 344 g/mol. The number of ether oxygens (including phenoxy) is 3. The van der Waals surface area contributed by atoms with Crippen LogP contribution in [0.25, 0.3) is 0 Å². The third-order valence-corrected chi connectivity index (χ3v) is 5.18. The van der Waals surface area contributed by atoms with Gasteiger partial charge in [0.15, 0.2) is 4.90 Å². The SMILES string of the molecule is COc1cc(OC)c(S(=O)(=O)NC2CCNCC2)c(OC)c1.Cl. The summed E-state index contributed by atoms with van der Waals surface area (Å²) in [5.74, 6) is 0.852. The highest BCUT2D eigenvalue weighted by atomic mass is 35.5. The molecule has 0 aliphatic carbocycles. The van der Waals surface area contributed by atoms with E-state index in [1.54, 1.807) is 0 Å². The van der Waals surface area contributed by atoms with Gasteiger partial charge in [-0.2, -0.15) is 0 Å². The monoisotopic (exact) mass is 366 g/mol. The number of piperidine rings is 1. The van der Waals surface area contributed by atoms with E-state index in [0.717, 1.165) is 25.9 Å². The Kier molecular flexibility index (Phi) is 7.40. The molecule has 1 aromatic carbocycles. The highest BCUT2D eigenvalue weighted by Crippen LogP contribution is 2.37. The van der Waals surface area contributed by atoms with Crippen molar-refractivity contribution in [2.24, 2.45) is 0 Å². The number of hydrogen-bond donors (Lipinski definition) is 2. The summed E-state index contributed by atoms with van der Waals surface area (Å²) in [6.45, 7) is 1.59. The van der Waals surface area contributed by atoms with Gasteiger partial charge in [-0.1, -0.05) is 0 Å². The molecule has 0 saturated carbocycles. The number of rotatable bonds is 6. The average Bonchev–Trinajstić information content (AvgIpc) is 2.53. The number of sulfonamides is 1. The van der Waals surface area contributed by atoms with Gasteiger partial charge in [-0.3, -0.25) is 0 Å². The van der Waals surface area contributed by atoms with E-state index in [1.807, 2.05) is 0 Å². The van der Waals surface area contributed by atoms with E-state index in [-0.39, 0.29) is 34.8 Å². The first-order chi connectivity index (χ1) is 10.5. The fraction of sp³-hybridized carbons (Fsp3) is 0.571. The molecule has 0 amide bonds. The minimum absolute atomic E-state index is 0. The van der Waals surface area contributed by atoms with Crippen LogP contribution in [0.4, 0.5) is 0 Å². The first-order valence-corrected chi connectivity index (χ1v) is 8.53. The quantitative estimate of drug-likeness (QED) is 0.786. The summed E-state index contributed by atoms with van der Waals surface area (Å²) in [5.41, 5.74) is 0. The molecule has 1 aliphatic rings. The van der Waals surface area contributed by atoms with Crippen LogP contribution >= 0.6 is 12.4 Å². The number of methoxy groups -OCH3 is 3. The second kappa shape index (κ2) is 8.58. The van der Waals surface area contributed by atoms with Crippen molar-refractivity contribution in [2.45, 2.75) is 23.8 Å². The van der Waals surface area contributed by atoms with Crippen molar-refractivity contribution >= 4 is 22.4 Å². The van der Waals surface area contributed by atoms with E-state index >= 15 is 0 Å². The Hall–Kier alpha value is -1.22. The Morgan fingerprint density at radius 3 is 2.00 bits per heavy atom. The van der Waals surface area contributed by atoms with Gasteiger partial charge >= 0.3 is 0 Å². The van der Waals surface area contributed by atoms with Crippen molar-refractivity contribution in [3.8, 4) is 17.2 Å². The minimum atomic E-state index is -3.75. The largest absolute Gasteiger partial charge is 0.496 e. The lowest BCUT2D eigenvalue weighted by Crippen LogP contribution is -2.42. The second-order valence-electron chi connectivity index (χ2n) is 5.01. The molecule has 0 spiro atoms. The normalized spacial score (nSPS) is 15.6. The number of benzene rings is 1. The van der Waals surface area contributed by atoms with Crippen LogP contribution in [0.5, 0.6) is 17.2 Å². The lowest BCUT2D eigenvalue weighted by molar-refractivity contribution is 0.357. The highest BCUT2D eigenvalue weighted by molar-refractivity contribution is 7.89. The Balaban J connectivity index is 0.00000264. The zero-order chi connectivity index (χ0) is 16.2. The third kappa shape index (κ3) is 4.63. The summed E-state index contributed by atoms with van der Waals surface area (Å²) in [4.78, 5) is -0.00293. The second-order valence-corrected chi connectivity index (χ2v) is 6.66. The van der Waals surface area contributed by atoms with Gasteiger partial charge in [0.05, 0.1) is 21.3 Å². The van der Waals surface area contributed by atoms with E-state index in [1.165, 1.54) is 33.5 Å². The molecule has 0 radical (unpaired) electrons. The Morgan fingerprint density at radius 2 is 1.57 bits per heavy atom. The molecule has 7 nitrogen and oxygen atoms in total. The van der Waals surface area contributed by atoms with E-state index in [4.69, 9.17) is 14.2 Å². The first kappa shape index (κ1) is 19.8. The van der Waals surface area contributed by atoms with Crippen molar-refractivity contribution in [1.29, 1.82) is 0 Å². The lowest BCUT2D eigenvalue weighted by Gasteiger charge is -2.24. The maximum Gasteiger partial charge on any atom is 0.248 e. The fourth-order valence-corrected chi connectivity index (χ4v) is 4.06. The molecule has 2 N–H and O–H groups in total. The van der Waals surface area contributed by atoms with Gasteiger partial charge in [-0.15, -0.1) is 12.4 Å². The van der Waals surface area contributed by atoms with Gasteiger partial charge in [0.25, 0.3) is 0 Å². The lowest BCUT2D eigenvalue weighted by atomic mass is 10.1. The van der Waals surface area contributed by atoms with Gasteiger partial charge in [0.2, 0.25) is 10.0 Å². The molecule has 132 valence electrons. The predicted molar refractivity (Wildman–Crippen MR) is 89.6 cm³/mol. The van der Waals surface area contributed by atoms with Crippen LogP contribution in [0.1, 0.15) is 12.8 Å². The van der Waals surface area contributed by atoms with Crippen molar-refractivity contribution in [3.63, 3.8) is 0 Å². The summed E-state index contributed by atoms with van der Waals surface area (Å²) < 4.78 is 43.7. The maximum absolute atomic E-state index is 12.7. The summed E-state index contributed by atoms with van der Waals surface area (Å²) in [7, 11) is 0.571. The van der Waals surface area contributed by atoms with Gasteiger partial charge in [0.1, 0.15) is 17.2 Å². The van der Waals surface area contributed by atoms with E-state index < -0.39 is 10.0 Å². The number of halogens is 1. The van der Waals surface area contributed by atoms with Gasteiger partial charge in [-0.25, -0.2) is 13.1 Å². The molecule has 1 aliphatic heterocycles. The van der Waals surface area contributed by atoms with Crippen LogP contribution in [-0.2, 0) is 10.0 Å². The predicted octanol–water partition coefficient (Wildman–Crippen LogP) is 1.16. The number of nitrogens with one attached hydrogen (secondary N) is 2. The van der Waals surface area contributed by atoms with Crippen molar-refractivity contribution in [1.82, 2.24) is 10.0 Å². The summed E-state index contributed by atoms with van der Waals surface area (Å²) in [5, 5.41) is 3.20. The summed E-state index contributed by atoms with van der Waals surface area (Å²) in [6.07, 6.45) is 1.50. The van der Waals surface area contributed by atoms with E-state index in [2.05, 4.69) is 10.0 Å². The standard InChI is InChI=1S/C14H22N2O5S.ClH/c1-19-11-8-12(20-2)14(13(9-11)21-3)22(17,18)16-10-4-6-15-7-5-10;/h8-10,15-16H,4-7H2,1-3H3;1H. The molecule has 1 fully saturated rings. The molecule has 0 unspecified atom stereocenters. The van der Waals surface area contributed by atoms with Crippen LogP contribution in [0.15, 0.2) is 17.0 Å². The average molecular weight is 367 g/mol. The molecule has 2 rings (SSSR count). The zero-order valence-electron chi connectivity index (χ0n) is 13.4. The molecule has 1 saturated heterocycles. The minimum Gasteiger partial charge on any atom is -0.496 e. The fourth-order valence-electron chi connectivity index (χ4n) is 2.46. The topological polar surface area (TPSA) is 85.9 Å². The van der Waals surface area contributed by atoms with E-state index in [9.17, 15) is 8.42 Å². The van der Waals surface area contributed by atoms with Crippen LogP contribution < -0.4 is 24.2 Å². The molecular formula is C14H23ClN2O5S. The third-order valence-electron chi connectivity index (χ3n) is 3.60. The van der Waals surface area contributed by atoms with E-state index in [0.29, 0.717) is 5.75 Å². The molecule has 0 bridgehead atoms. The van der Waals surface area contributed by atoms with Crippen LogP contribution in [0.2, 0.25) is 0 Å². The molecule has 0 atom stereocenters. The Bertz CT molecular complexity index is 593. The van der Waals surface area contributed by atoms with Crippen LogP contribution in [0, 0.1) is 0 Å². The van der Waals surface area contributed by atoms with Crippen molar-refractivity contribution in [2.75, 3.05) is 34.4 Å². The molecule has 1 aromatic rings. The number of hydrogen-bond acceptors (Lipinski definition) is 6. The first-order valence-electron chi connectivity index (χ1n) is 7.05. The summed E-state index contributed by atoms with van der Waals surface area (Å²) in [6, 6.07) is 2.96. The van der Waals surface area contributed by atoms with Crippen LogP contribution in [0.3, 0.4) is 0 Å². The molecule has 0 aromatic heterocycles. The van der Waals surface area contributed by atoms with Gasteiger partial charge < -0.3 is 19.5 Å². The van der Waals surface area contributed by atoms with Crippen molar-refractivity contribution in [3.05, 3.63) is 12.1 Å². The zero-order valence-corrected chi connectivity index (χ0v) is 15.1. The smallest absolute Gasteiger partial charge is 0.248 e. The Labute approximate surface area is 143 Å². The van der Waals surface area contributed by atoms with Crippen LogP contribution in [-0.4, -0.2) is 48.9 Å².